The number of aryl methyl sites for hydroxylation is 1. The molecule has 1 N–H and O–H groups in total. The maximum absolute atomic E-state index is 13.4. The van der Waals surface area contributed by atoms with E-state index in [0.29, 0.717) is 23.5 Å². The zero-order valence-electron chi connectivity index (χ0n) is 15.7. The van der Waals surface area contributed by atoms with Crippen LogP contribution in [0.5, 0.6) is 11.5 Å². The van der Waals surface area contributed by atoms with Crippen LogP contribution in [-0.4, -0.2) is 36.2 Å². The fraction of sp³-hybridized carbons (Fsp3) is 0.429. The number of ether oxygens (including phenoxy) is 2. The van der Waals surface area contributed by atoms with E-state index in [9.17, 15) is 13.5 Å². The molecule has 1 saturated heterocycles. The van der Waals surface area contributed by atoms with Crippen molar-refractivity contribution in [2.24, 2.45) is 0 Å². The summed E-state index contributed by atoms with van der Waals surface area (Å²) in [6.07, 6.45) is 2.39. The molecule has 1 saturated carbocycles. The molecule has 0 bridgehead atoms. The van der Waals surface area contributed by atoms with Crippen LogP contribution < -0.4 is 9.47 Å². The lowest BCUT2D eigenvalue weighted by Gasteiger charge is -2.26. The Bertz CT molecular complexity index is 1020. The van der Waals surface area contributed by atoms with Gasteiger partial charge in [0.2, 0.25) is 16.8 Å². The van der Waals surface area contributed by atoms with Gasteiger partial charge in [-0.2, -0.15) is 4.31 Å². The molecule has 1 aliphatic carbocycles. The van der Waals surface area contributed by atoms with Crippen molar-refractivity contribution >= 4 is 10.0 Å². The molecule has 0 amide bonds. The van der Waals surface area contributed by atoms with E-state index in [0.717, 1.165) is 24.8 Å². The van der Waals surface area contributed by atoms with Crippen molar-refractivity contribution in [1.29, 1.82) is 0 Å². The normalized spacial score (nSPS) is 29.2. The van der Waals surface area contributed by atoms with Crippen LogP contribution in [0.25, 0.3) is 0 Å². The summed E-state index contributed by atoms with van der Waals surface area (Å²) in [5.41, 5.74) is 0.894. The highest BCUT2D eigenvalue weighted by Crippen LogP contribution is 2.60. The second kappa shape index (κ2) is 6.20. The zero-order chi connectivity index (χ0) is 19.5. The lowest BCUT2D eigenvalue weighted by molar-refractivity contribution is 0.104. The summed E-state index contributed by atoms with van der Waals surface area (Å²) in [6.45, 7) is 2.09. The SMILES string of the molecule is Cc1ccc(S(=O)(=O)N2[C@H]3CCCC[C@]32C(O)c2ccc3c(c2)OCO3)cc1. The lowest BCUT2D eigenvalue weighted by Crippen LogP contribution is -2.32. The highest BCUT2D eigenvalue weighted by atomic mass is 32.2. The number of aliphatic hydroxyl groups is 1. The van der Waals surface area contributed by atoms with Gasteiger partial charge in [0.15, 0.2) is 11.5 Å². The van der Waals surface area contributed by atoms with Gasteiger partial charge in [-0.1, -0.05) is 36.6 Å². The van der Waals surface area contributed by atoms with Crippen molar-refractivity contribution in [2.45, 2.75) is 55.2 Å². The highest BCUT2D eigenvalue weighted by Gasteiger charge is 2.72. The lowest BCUT2D eigenvalue weighted by atomic mass is 9.82. The molecule has 0 aromatic heterocycles. The molecular formula is C21H23NO5S. The Kier molecular flexibility index (Phi) is 3.98. The number of benzene rings is 2. The highest BCUT2D eigenvalue weighted by molar-refractivity contribution is 7.89. The Morgan fingerprint density at radius 1 is 1.11 bits per heavy atom. The monoisotopic (exact) mass is 401 g/mol. The predicted molar refractivity (Wildman–Crippen MR) is 103 cm³/mol. The number of hydrogen-bond acceptors (Lipinski definition) is 5. The van der Waals surface area contributed by atoms with Crippen molar-refractivity contribution in [3.63, 3.8) is 0 Å². The Morgan fingerprint density at radius 2 is 1.86 bits per heavy atom. The molecule has 0 spiro atoms. The van der Waals surface area contributed by atoms with Gasteiger partial charge < -0.3 is 14.6 Å². The Morgan fingerprint density at radius 3 is 2.64 bits per heavy atom. The van der Waals surface area contributed by atoms with Gasteiger partial charge in [0.05, 0.1) is 10.4 Å². The molecule has 2 aliphatic heterocycles. The van der Waals surface area contributed by atoms with Gasteiger partial charge in [0.1, 0.15) is 6.10 Å². The molecule has 2 aromatic carbocycles. The van der Waals surface area contributed by atoms with E-state index >= 15 is 0 Å². The van der Waals surface area contributed by atoms with Crippen LogP contribution in [0.3, 0.4) is 0 Å². The average Bonchev–Trinajstić information content (AvgIpc) is 3.19. The number of hydrogen-bond donors (Lipinski definition) is 1. The Balaban J connectivity index is 1.52. The molecule has 2 unspecified atom stereocenters. The van der Waals surface area contributed by atoms with Crippen LogP contribution >= 0.6 is 0 Å². The van der Waals surface area contributed by atoms with Gasteiger partial charge in [0, 0.05) is 6.04 Å². The maximum atomic E-state index is 13.4. The van der Waals surface area contributed by atoms with Crippen LogP contribution in [-0.2, 0) is 10.0 Å². The molecule has 5 rings (SSSR count). The molecule has 7 heteroatoms. The molecule has 6 nitrogen and oxygen atoms in total. The number of nitrogens with zero attached hydrogens (tertiary/aromatic N) is 1. The molecule has 2 aromatic rings. The van der Waals surface area contributed by atoms with Crippen molar-refractivity contribution in [3.8, 4) is 11.5 Å². The Hall–Kier alpha value is -2.09. The fourth-order valence-electron chi connectivity index (χ4n) is 4.80. The number of sulfonamides is 1. The summed E-state index contributed by atoms with van der Waals surface area (Å²) in [6, 6.07) is 12.1. The first-order chi connectivity index (χ1) is 13.4. The topological polar surface area (TPSA) is 75.8 Å². The van der Waals surface area contributed by atoms with Crippen LogP contribution in [0.1, 0.15) is 42.9 Å². The summed E-state index contributed by atoms with van der Waals surface area (Å²) in [5, 5.41) is 11.3. The van der Waals surface area contributed by atoms with E-state index in [1.54, 1.807) is 46.8 Å². The van der Waals surface area contributed by atoms with Gasteiger partial charge >= 0.3 is 0 Å². The zero-order valence-corrected chi connectivity index (χ0v) is 16.5. The van der Waals surface area contributed by atoms with E-state index in [-0.39, 0.29) is 17.7 Å². The standard InChI is InChI=1S/C21H23NO5S/c1-14-5-8-16(9-6-14)28(24,25)22-19-4-2-3-11-21(19,22)20(23)15-7-10-17-18(12-15)27-13-26-17/h5-10,12,19-20,23H,2-4,11,13H2,1H3/t19-,20?,21+,22?/m0/s1. The molecule has 3 aliphatic rings. The van der Waals surface area contributed by atoms with Gasteiger partial charge in [-0.15, -0.1) is 0 Å². The van der Waals surface area contributed by atoms with Gasteiger partial charge in [-0.05, 0) is 49.6 Å². The van der Waals surface area contributed by atoms with E-state index in [1.807, 2.05) is 6.92 Å². The molecular weight excluding hydrogens is 378 g/mol. The van der Waals surface area contributed by atoms with Crippen LogP contribution in [0.15, 0.2) is 47.4 Å². The molecule has 2 fully saturated rings. The first-order valence-electron chi connectivity index (χ1n) is 9.63. The maximum Gasteiger partial charge on any atom is 0.244 e. The molecule has 28 heavy (non-hydrogen) atoms. The first-order valence-corrected chi connectivity index (χ1v) is 11.1. The largest absolute Gasteiger partial charge is 0.454 e. The van der Waals surface area contributed by atoms with E-state index in [1.165, 1.54) is 0 Å². The van der Waals surface area contributed by atoms with Crippen molar-refractivity contribution in [3.05, 3.63) is 53.6 Å². The van der Waals surface area contributed by atoms with Crippen LogP contribution in [0.2, 0.25) is 0 Å². The fourth-order valence-corrected chi connectivity index (χ4v) is 6.84. The number of rotatable bonds is 4. The van der Waals surface area contributed by atoms with E-state index < -0.39 is 21.7 Å². The average molecular weight is 401 g/mol. The van der Waals surface area contributed by atoms with Crippen molar-refractivity contribution in [1.82, 2.24) is 4.31 Å². The summed E-state index contributed by atoms with van der Waals surface area (Å²) in [4.78, 5) is 0.282. The van der Waals surface area contributed by atoms with Crippen molar-refractivity contribution < 1.29 is 23.0 Å². The minimum atomic E-state index is -3.67. The third-order valence-electron chi connectivity index (χ3n) is 6.27. The quantitative estimate of drug-likeness (QED) is 0.797. The molecule has 148 valence electrons. The van der Waals surface area contributed by atoms with Gasteiger partial charge in [-0.3, -0.25) is 0 Å². The summed E-state index contributed by atoms with van der Waals surface area (Å²) >= 11 is 0. The van der Waals surface area contributed by atoms with Crippen LogP contribution in [0.4, 0.5) is 0 Å². The number of fused-ring (bicyclic) bond motifs is 2. The first kappa shape index (κ1) is 18.0. The summed E-state index contributed by atoms with van der Waals surface area (Å²) in [5.74, 6) is 1.24. The smallest absolute Gasteiger partial charge is 0.244 e. The van der Waals surface area contributed by atoms with Crippen molar-refractivity contribution in [2.75, 3.05) is 6.79 Å². The third-order valence-corrected chi connectivity index (χ3v) is 8.25. The second-order valence-electron chi connectivity index (χ2n) is 7.88. The summed E-state index contributed by atoms with van der Waals surface area (Å²) < 4.78 is 39.1. The summed E-state index contributed by atoms with van der Waals surface area (Å²) in [7, 11) is -3.67. The van der Waals surface area contributed by atoms with E-state index in [2.05, 4.69) is 0 Å². The molecule has 0 radical (unpaired) electrons. The third kappa shape index (κ3) is 2.50. The predicted octanol–water partition coefficient (Wildman–Crippen LogP) is 3.14. The minimum absolute atomic E-state index is 0.163. The van der Waals surface area contributed by atoms with E-state index in [4.69, 9.17) is 9.47 Å². The molecule has 4 atom stereocenters. The second-order valence-corrected chi connectivity index (χ2v) is 9.70. The Labute approximate surface area is 164 Å². The number of aliphatic hydroxyl groups excluding tert-OH is 1. The van der Waals surface area contributed by atoms with Gasteiger partial charge in [-0.25, -0.2) is 8.42 Å². The molecule has 2 heterocycles. The van der Waals surface area contributed by atoms with Crippen LogP contribution in [0, 0.1) is 6.92 Å². The van der Waals surface area contributed by atoms with Gasteiger partial charge in [0.25, 0.3) is 0 Å². The minimum Gasteiger partial charge on any atom is -0.454 e.